The normalized spacial score (nSPS) is 16.2. The summed E-state index contributed by atoms with van der Waals surface area (Å²) in [5.74, 6) is -0.0907. The summed E-state index contributed by atoms with van der Waals surface area (Å²) in [5.41, 5.74) is 1.45. The topological polar surface area (TPSA) is 79.4 Å². The van der Waals surface area contributed by atoms with Gasteiger partial charge in [0, 0.05) is 18.0 Å². The van der Waals surface area contributed by atoms with E-state index in [1.807, 2.05) is 13.8 Å². The summed E-state index contributed by atoms with van der Waals surface area (Å²) >= 11 is 1.37. The molecule has 1 aliphatic rings. The van der Waals surface area contributed by atoms with Crippen LogP contribution in [0, 0.1) is 5.92 Å². The molecule has 0 saturated heterocycles. The van der Waals surface area contributed by atoms with E-state index in [0.29, 0.717) is 29.3 Å². The molecule has 2 aromatic carbocycles. The first-order chi connectivity index (χ1) is 17.4. The summed E-state index contributed by atoms with van der Waals surface area (Å²) < 4.78 is 63.3. The van der Waals surface area contributed by atoms with E-state index in [1.165, 1.54) is 35.6 Å². The Hall–Kier alpha value is -2.76. The Morgan fingerprint density at radius 3 is 2.49 bits per heavy atom. The van der Waals surface area contributed by atoms with Crippen LogP contribution in [-0.4, -0.2) is 30.0 Å². The molecule has 1 amide bonds. The van der Waals surface area contributed by atoms with Crippen molar-refractivity contribution in [1.82, 2.24) is 9.88 Å². The SMILES string of the molecule is CCS(=O)(=O)c1ccc(CC(=O)Nc2nc3c(s2)CN(Cc2cccc(C(F)(F)F)c2)C3C(C)C)cc1. The van der Waals surface area contributed by atoms with Crippen molar-refractivity contribution in [3.05, 3.63) is 75.8 Å². The molecule has 6 nitrogen and oxygen atoms in total. The van der Waals surface area contributed by atoms with Crippen molar-refractivity contribution in [2.45, 2.75) is 57.4 Å². The number of anilines is 1. The van der Waals surface area contributed by atoms with E-state index < -0.39 is 21.6 Å². The van der Waals surface area contributed by atoms with Gasteiger partial charge >= 0.3 is 6.18 Å². The zero-order chi connectivity index (χ0) is 27.0. The maximum Gasteiger partial charge on any atom is 0.416 e. The predicted octanol–water partition coefficient (Wildman–Crippen LogP) is 5.85. The monoisotopic (exact) mass is 551 g/mol. The molecule has 3 aromatic rings. The minimum absolute atomic E-state index is 0.0102. The molecule has 198 valence electrons. The second-order valence-electron chi connectivity index (χ2n) is 9.39. The second-order valence-corrected chi connectivity index (χ2v) is 12.8. The quantitative estimate of drug-likeness (QED) is 0.380. The number of halogens is 3. The van der Waals surface area contributed by atoms with E-state index in [1.54, 1.807) is 25.1 Å². The van der Waals surface area contributed by atoms with Crippen LogP contribution in [0.4, 0.5) is 18.3 Å². The third-order valence-corrected chi connectivity index (χ3v) is 9.01. The van der Waals surface area contributed by atoms with Gasteiger partial charge in [0.25, 0.3) is 0 Å². The first-order valence-electron chi connectivity index (χ1n) is 11.9. The largest absolute Gasteiger partial charge is 0.416 e. The molecule has 1 aromatic heterocycles. The van der Waals surface area contributed by atoms with E-state index >= 15 is 0 Å². The highest BCUT2D eigenvalue weighted by Crippen LogP contribution is 2.43. The molecular weight excluding hydrogens is 523 g/mol. The first kappa shape index (κ1) is 27.3. The van der Waals surface area contributed by atoms with Gasteiger partial charge in [-0.3, -0.25) is 9.69 Å². The Kier molecular flexibility index (Phi) is 7.77. The van der Waals surface area contributed by atoms with Crippen molar-refractivity contribution < 1.29 is 26.4 Å². The van der Waals surface area contributed by atoms with Gasteiger partial charge in [0.2, 0.25) is 5.91 Å². The lowest BCUT2D eigenvalue weighted by Gasteiger charge is -2.28. The van der Waals surface area contributed by atoms with Crippen molar-refractivity contribution in [2.24, 2.45) is 5.92 Å². The Bertz CT molecular complexity index is 1380. The minimum Gasteiger partial charge on any atom is -0.302 e. The molecule has 0 fully saturated rings. The van der Waals surface area contributed by atoms with Crippen molar-refractivity contribution in [3.8, 4) is 0 Å². The molecule has 0 saturated carbocycles. The number of hydrogen-bond donors (Lipinski definition) is 1. The maximum atomic E-state index is 13.1. The van der Waals surface area contributed by atoms with Crippen LogP contribution in [0.3, 0.4) is 0 Å². The van der Waals surface area contributed by atoms with Crippen LogP contribution >= 0.6 is 11.3 Å². The molecule has 0 spiro atoms. The first-order valence-corrected chi connectivity index (χ1v) is 14.4. The fourth-order valence-corrected chi connectivity index (χ4v) is 6.45. The number of alkyl halides is 3. The van der Waals surface area contributed by atoms with E-state index in [2.05, 4.69) is 15.2 Å². The number of amides is 1. The molecule has 11 heteroatoms. The fraction of sp³-hybridized carbons (Fsp3) is 0.385. The third kappa shape index (κ3) is 6.22. The van der Waals surface area contributed by atoms with Crippen molar-refractivity contribution in [3.63, 3.8) is 0 Å². The van der Waals surface area contributed by atoms with Gasteiger partial charge in [-0.25, -0.2) is 13.4 Å². The van der Waals surface area contributed by atoms with Crippen LogP contribution < -0.4 is 5.32 Å². The number of carbonyl (C=O) groups is 1. The van der Waals surface area contributed by atoms with Crippen molar-refractivity contribution in [2.75, 3.05) is 11.1 Å². The molecule has 1 N–H and O–H groups in total. The zero-order valence-corrected chi connectivity index (χ0v) is 22.3. The lowest BCUT2D eigenvalue weighted by Crippen LogP contribution is -2.26. The van der Waals surface area contributed by atoms with Gasteiger partial charge in [0.05, 0.1) is 34.4 Å². The van der Waals surface area contributed by atoms with Crippen LogP contribution in [0.15, 0.2) is 53.4 Å². The number of carbonyl (C=O) groups excluding carboxylic acids is 1. The Morgan fingerprint density at radius 1 is 1.16 bits per heavy atom. The summed E-state index contributed by atoms with van der Waals surface area (Å²) in [7, 11) is -3.30. The molecule has 1 unspecified atom stereocenters. The third-order valence-electron chi connectivity index (χ3n) is 6.29. The molecule has 1 atom stereocenters. The highest BCUT2D eigenvalue weighted by Gasteiger charge is 2.37. The molecule has 1 aliphatic heterocycles. The fourth-order valence-electron chi connectivity index (χ4n) is 4.52. The van der Waals surface area contributed by atoms with Crippen molar-refractivity contribution >= 4 is 32.2 Å². The van der Waals surface area contributed by atoms with Gasteiger partial charge in [0.1, 0.15) is 0 Å². The second kappa shape index (κ2) is 10.5. The number of hydrogen-bond acceptors (Lipinski definition) is 6. The van der Waals surface area contributed by atoms with Crippen LogP contribution in [0.1, 0.15) is 54.1 Å². The molecule has 37 heavy (non-hydrogen) atoms. The summed E-state index contributed by atoms with van der Waals surface area (Å²) in [4.78, 5) is 20.6. The van der Waals surface area contributed by atoms with E-state index in [9.17, 15) is 26.4 Å². The molecule has 2 heterocycles. The van der Waals surface area contributed by atoms with Crippen LogP contribution in [0.2, 0.25) is 0 Å². The number of benzene rings is 2. The molecule has 0 radical (unpaired) electrons. The highest BCUT2D eigenvalue weighted by atomic mass is 32.2. The van der Waals surface area contributed by atoms with E-state index in [4.69, 9.17) is 0 Å². The Balaban J connectivity index is 1.43. The van der Waals surface area contributed by atoms with Gasteiger partial charge in [-0.1, -0.05) is 51.1 Å². The van der Waals surface area contributed by atoms with Gasteiger partial charge in [-0.15, -0.1) is 11.3 Å². The number of sulfone groups is 1. The van der Waals surface area contributed by atoms with E-state index in [0.717, 1.165) is 16.6 Å². The van der Waals surface area contributed by atoms with Crippen molar-refractivity contribution in [1.29, 1.82) is 0 Å². The molecular formula is C26H28F3N3O3S2. The van der Waals surface area contributed by atoms with Crippen LogP contribution in [0.5, 0.6) is 0 Å². The number of thiazole rings is 1. The number of rotatable bonds is 8. The lowest BCUT2D eigenvalue weighted by molar-refractivity contribution is -0.137. The summed E-state index contributed by atoms with van der Waals surface area (Å²) in [6.07, 6.45) is -4.31. The number of nitrogens with zero attached hydrogens (tertiary/aromatic N) is 2. The standard InChI is InChI=1S/C26H28F3N3O3S2/c1-4-37(34,35)20-10-8-17(9-11-20)13-22(33)30-25-31-23-21(36-25)15-32(24(23)16(2)3)14-18-6-5-7-19(12-18)26(27,28)29/h5-12,16,24H,4,13-15H2,1-3H3,(H,30,31,33). The lowest BCUT2D eigenvalue weighted by atomic mass is 10.0. The van der Waals surface area contributed by atoms with Gasteiger partial charge < -0.3 is 5.32 Å². The van der Waals surface area contributed by atoms with Gasteiger partial charge in [-0.05, 0) is 35.2 Å². The Labute approximate surface area is 218 Å². The van der Waals surface area contributed by atoms with Gasteiger partial charge in [-0.2, -0.15) is 13.2 Å². The summed E-state index contributed by atoms with van der Waals surface area (Å²) in [5, 5.41) is 3.31. The maximum absolute atomic E-state index is 13.1. The van der Waals surface area contributed by atoms with Crippen LogP contribution in [0.25, 0.3) is 0 Å². The number of fused-ring (bicyclic) bond motifs is 1. The Morgan fingerprint density at radius 2 is 1.86 bits per heavy atom. The molecule has 0 bridgehead atoms. The molecule has 0 aliphatic carbocycles. The smallest absolute Gasteiger partial charge is 0.302 e. The van der Waals surface area contributed by atoms with Gasteiger partial charge in [0.15, 0.2) is 15.0 Å². The summed E-state index contributed by atoms with van der Waals surface area (Å²) in [6.45, 7) is 6.56. The summed E-state index contributed by atoms with van der Waals surface area (Å²) in [6, 6.07) is 11.6. The average molecular weight is 552 g/mol. The minimum atomic E-state index is -4.39. The average Bonchev–Trinajstić information content (AvgIpc) is 3.35. The van der Waals surface area contributed by atoms with Crippen LogP contribution in [-0.2, 0) is 40.3 Å². The molecule has 4 rings (SSSR count). The number of nitrogens with one attached hydrogen (secondary N) is 1. The zero-order valence-electron chi connectivity index (χ0n) is 20.7. The predicted molar refractivity (Wildman–Crippen MR) is 137 cm³/mol. The van der Waals surface area contributed by atoms with E-state index in [-0.39, 0.29) is 34.9 Å². The number of aromatic nitrogens is 1. The highest BCUT2D eigenvalue weighted by molar-refractivity contribution is 7.91.